The van der Waals surface area contributed by atoms with E-state index in [1.165, 1.54) is 12.1 Å². The Balaban J connectivity index is 1.71. The van der Waals surface area contributed by atoms with Crippen molar-refractivity contribution in [2.24, 2.45) is 23.7 Å². The van der Waals surface area contributed by atoms with Crippen LogP contribution in [0.15, 0.2) is 12.1 Å². The molecule has 0 heterocycles. The predicted octanol–water partition coefficient (Wildman–Crippen LogP) is 4.73. The van der Waals surface area contributed by atoms with Crippen molar-refractivity contribution in [2.75, 3.05) is 6.61 Å². The fraction of sp³-hybridized carbons (Fsp3) is 0.632. The first-order chi connectivity index (χ1) is 11.6. The van der Waals surface area contributed by atoms with Gasteiger partial charge in [-0.3, -0.25) is 4.79 Å². The van der Waals surface area contributed by atoms with Crippen LogP contribution in [0.3, 0.4) is 0 Å². The highest BCUT2D eigenvalue weighted by Gasteiger charge is 2.47. The molecule has 2 fully saturated rings. The lowest BCUT2D eigenvalue weighted by atomic mass is 9.88. The second-order valence-electron chi connectivity index (χ2n) is 6.80. The average Bonchev–Trinajstić information content (AvgIpc) is 3.16. The van der Waals surface area contributed by atoms with Gasteiger partial charge in [0.25, 0.3) is 0 Å². The molecule has 0 aliphatic heterocycles. The molecule has 2 aliphatic carbocycles. The van der Waals surface area contributed by atoms with Crippen molar-refractivity contribution >= 4 is 5.97 Å². The Hall–Kier alpha value is -1.65. The van der Waals surface area contributed by atoms with E-state index in [4.69, 9.17) is 9.47 Å². The van der Waals surface area contributed by atoms with Crippen LogP contribution in [-0.4, -0.2) is 12.6 Å². The van der Waals surface area contributed by atoms with Gasteiger partial charge in [-0.05, 0) is 62.5 Å². The molecule has 2 aliphatic rings. The Morgan fingerprint density at radius 3 is 2.42 bits per heavy atom. The molecule has 1 aromatic rings. The molecule has 24 heavy (non-hydrogen) atoms. The summed E-state index contributed by atoms with van der Waals surface area (Å²) in [6, 6.07) is 2.56. The second kappa shape index (κ2) is 7.08. The highest BCUT2D eigenvalue weighted by Crippen LogP contribution is 2.52. The van der Waals surface area contributed by atoms with Crippen LogP contribution in [0.25, 0.3) is 0 Å². The molecule has 0 N–H and O–H groups in total. The van der Waals surface area contributed by atoms with Crippen LogP contribution in [0.4, 0.5) is 8.78 Å². The maximum atomic E-state index is 14.1. The number of ether oxygens (including phenoxy) is 2. The third kappa shape index (κ3) is 3.01. The lowest BCUT2D eigenvalue weighted by molar-refractivity contribution is -0.140. The van der Waals surface area contributed by atoms with Crippen LogP contribution >= 0.6 is 0 Å². The first-order valence-corrected chi connectivity index (χ1v) is 8.89. The SMILES string of the molecule is CCOc1ccc(OC(=O)C2CCC3C(CC)CCC23)c(F)c1F. The minimum absolute atomic E-state index is 0.169. The Morgan fingerprint density at radius 1 is 1.04 bits per heavy atom. The summed E-state index contributed by atoms with van der Waals surface area (Å²) >= 11 is 0. The van der Waals surface area contributed by atoms with Gasteiger partial charge in [0, 0.05) is 0 Å². The molecule has 132 valence electrons. The van der Waals surface area contributed by atoms with E-state index in [1.54, 1.807) is 6.92 Å². The molecule has 1 aromatic carbocycles. The zero-order valence-electron chi connectivity index (χ0n) is 14.2. The largest absolute Gasteiger partial charge is 0.491 e. The van der Waals surface area contributed by atoms with E-state index in [-0.39, 0.29) is 24.0 Å². The molecule has 0 saturated heterocycles. The fourth-order valence-corrected chi connectivity index (χ4v) is 4.56. The van der Waals surface area contributed by atoms with E-state index in [2.05, 4.69) is 6.92 Å². The van der Waals surface area contributed by atoms with Gasteiger partial charge in [0.2, 0.25) is 11.6 Å². The number of hydrogen-bond acceptors (Lipinski definition) is 3. The van der Waals surface area contributed by atoms with Gasteiger partial charge in [-0.15, -0.1) is 0 Å². The highest BCUT2D eigenvalue weighted by atomic mass is 19.2. The molecule has 2 saturated carbocycles. The lowest BCUT2D eigenvalue weighted by Crippen LogP contribution is -2.25. The first kappa shape index (κ1) is 17.2. The third-order valence-corrected chi connectivity index (χ3v) is 5.70. The fourth-order valence-electron chi connectivity index (χ4n) is 4.56. The van der Waals surface area contributed by atoms with Crippen molar-refractivity contribution in [3.05, 3.63) is 23.8 Å². The molecule has 5 heteroatoms. The van der Waals surface area contributed by atoms with Crippen molar-refractivity contribution in [1.29, 1.82) is 0 Å². The summed E-state index contributed by atoms with van der Waals surface area (Å²) in [5, 5.41) is 0. The van der Waals surface area contributed by atoms with E-state index in [1.807, 2.05) is 0 Å². The van der Waals surface area contributed by atoms with Gasteiger partial charge in [-0.25, -0.2) is 0 Å². The standard InChI is InChI=1S/C19H24F2O3/c1-3-11-5-6-13-12(11)7-8-14(13)19(22)24-16-10-9-15(23-4-2)17(20)18(16)21/h9-14H,3-8H2,1-2H3. The molecule has 0 amide bonds. The molecular formula is C19H24F2O3. The summed E-state index contributed by atoms with van der Waals surface area (Å²) < 4.78 is 38.2. The van der Waals surface area contributed by atoms with Crippen LogP contribution in [-0.2, 0) is 4.79 Å². The summed E-state index contributed by atoms with van der Waals surface area (Å²) in [6.45, 7) is 4.11. The summed E-state index contributed by atoms with van der Waals surface area (Å²) in [6.07, 6.45) is 5.14. The molecule has 0 spiro atoms. The molecular weight excluding hydrogens is 314 g/mol. The zero-order valence-corrected chi connectivity index (χ0v) is 14.2. The normalized spacial score (nSPS) is 28.7. The quantitative estimate of drug-likeness (QED) is 0.575. The lowest BCUT2D eigenvalue weighted by Gasteiger charge is -2.19. The summed E-state index contributed by atoms with van der Waals surface area (Å²) in [5.74, 6) is -1.82. The first-order valence-electron chi connectivity index (χ1n) is 8.89. The van der Waals surface area contributed by atoms with Crippen LogP contribution in [0.2, 0.25) is 0 Å². The smallest absolute Gasteiger partial charge is 0.314 e. The predicted molar refractivity (Wildman–Crippen MR) is 85.9 cm³/mol. The van der Waals surface area contributed by atoms with E-state index in [0.29, 0.717) is 17.8 Å². The van der Waals surface area contributed by atoms with Crippen molar-refractivity contribution in [3.8, 4) is 11.5 Å². The minimum Gasteiger partial charge on any atom is -0.491 e. The van der Waals surface area contributed by atoms with Crippen molar-refractivity contribution < 1.29 is 23.0 Å². The highest BCUT2D eigenvalue weighted by molar-refractivity contribution is 5.76. The summed E-state index contributed by atoms with van der Waals surface area (Å²) in [7, 11) is 0. The topological polar surface area (TPSA) is 35.5 Å². The zero-order chi connectivity index (χ0) is 17.3. The van der Waals surface area contributed by atoms with E-state index >= 15 is 0 Å². The Labute approximate surface area is 141 Å². The molecule has 0 aromatic heterocycles. The van der Waals surface area contributed by atoms with Gasteiger partial charge < -0.3 is 9.47 Å². The van der Waals surface area contributed by atoms with E-state index < -0.39 is 17.6 Å². The Kier molecular flexibility index (Phi) is 5.07. The van der Waals surface area contributed by atoms with Crippen molar-refractivity contribution in [1.82, 2.24) is 0 Å². The monoisotopic (exact) mass is 338 g/mol. The number of benzene rings is 1. The van der Waals surface area contributed by atoms with Gasteiger partial charge in [0.1, 0.15) is 0 Å². The van der Waals surface area contributed by atoms with Crippen LogP contribution in [0, 0.1) is 35.3 Å². The average molecular weight is 338 g/mol. The molecule has 0 radical (unpaired) electrons. The Morgan fingerprint density at radius 2 is 1.71 bits per heavy atom. The number of hydrogen-bond donors (Lipinski definition) is 0. The van der Waals surface area contributed by atoms with Gasteiger partial charge in [-0.1, -0.05) is 13.3 Å². The number of rotatable bonds is 5. The van der Waals surface area contributed by atoms with Crippen LogP contribution < -0.4 is 9.47 Å². The molecule has 0 bridgehead atoms. The van der Waals surface area contributed by atoms with E-state index in [9.17, 15) is 13.6 Å². The number of fused-ring (bicyclic) bond motifs is 1. The maximum absolute atomic E-state index is 14.1. The minimum atomic E-state index is -1.17. The van der Waals surface area contributed by atoms with Crippen LogP contribution in [0.5, 0.6) is 11.5 Å². The van der Waals surface area contributed by atoms with Gasteiger partial charge in [0.15, 0.2) is 11.5 Å². The Bertz CT molecular complexity index is 617. The van der Waals surface area contributed by atoms with Gasteiger partial charge in [0.05, 0.1) is 12.5 Å². The third-order valence-electron chi connectivity index (χ3n) is 5.70. The molecule has 3 nitrogen and oxygen atoms in total. The van der Waals surface area contributed by atoms with Crippen molar-refractivity contribution in [2.45, 2.75) is 46.0 Å². The summed E-state index contributed by atoms with van der Waals surface area (Å²) in [5.41, 5.74) is 0. The number of halogens is 2. The van der Waals surface area contributed by atoms with Gasteiger partial charge >= 0.3 is 5.97 Å². The van der Waals surface area contributed by atoms with Crippen molar-refractivity contribution in [3.63, 3.8) is 0 Å². The number of carbonyl (C=O) groups is 1. The van der Waals surface area contributed by atoms with E-state index in [0.717, 1.165) is 32.1 Å². The number of carbonyl (C=O) groups excluding carboxylic acids is 1. The number of esters is 1. The maximum Gasteiger partial charge on any atom is 0.314 e. The molecule has 4 atom stereocenters. The summed E-state index contributed by atoms with van der Waals surface area (Å²) in [4.78, 5) is 12.5. The molecule has 4 unspecified atom stereocenters. The molecule has 3 rings (SSSR count). The van der Waals surface area contributed by atoms with Gasteiger partial charge in [-0.2, -0.15) is 8.78 Å². The second-order valence-corrected chi connectivity index (χ2v) is 6.80. The van der Waals surface area contributed by atoms with Crippen LogP contribution in [0.1, 0.15) is 46.0 Å².